The van der Waals surface area contributed by atoms with E-state index in [0.717, 1.165) is 29.1 Å². The summed E-state index contributed by atoms with van der Waals surface area (Å²) in [4.78, 5) is 5.48. The Hall–Kier alpha value is -1.66. The van der Waals surface area contributed by atoms with Crippen LogP contribution in [0.3, 0.4) is 0 Å². The molecular weight excluding hydrogens is 296 g/mol. The molecule has 3 rings (SSSR count). The highest BCUT2D eigenvalue weighted by molar-refractivity contribution is 7.13. The number of rotatable bonds is 6. The van der Waals surface area contributed by atoms with Crippen LogP contribution in [0.25, 0.3) is 10.8 Å². The Morgan fingerprint density at radius 2 is 2.30 bits per heavy atom. The molecule has 3 aromatic heterocycles. The van der Waals surface area contributed by atoms with Crippen LogP contribution in [-0.2, 0) is 13.0 Å². The summed E-state index contributed by atoms with van der Waals surface area (Å²) < 4.78 is 7.24. The number of aryl methyl sites for hydroxylation is 1. The molecule has 0 bridgehead atoms. The number of halogens is 1. The van der Waals surface area contributed by atoms with E-state index in [9.17, 15) is 0 Å². The van der Waals surface area contributed by atoms with Crippen molar-refractivity contribution < 1.29 is 4.42 Å². The summed E-state index contributed by atoms with van der Waals surface area (Å²) in [6.45, 7) is 0.558. The van der Waals surface area contributed by atoms with Crippen LogP contribution in [0.2, 0.25) is 0 Å². The van der Waals surface area contributed by atoms with Crippen LogP contribution >= 0.6 is 22.9 Å². The van der Waals surface area contributed by atoms with Gasteiger partial charge in [-0.25, -0.2) is 9.67 Å². The molecule has 0 atom stereocenters. The second kappa shape index (κ2) is 6.19. The molecule has 104 valence electrons. The molecular formula is C13H13ClN4OS. The van der Waals surface area contributed by atoms with Gasteiger partial charge in [-0.1, -0.05) is 11.3 Å². The molecule has 0 spiro atoms. The van der Waals surface area contributed by atoms with Crippen LogP contribution in [0.5, 0.6) is 0 Å². The molecule has 0 N–H and O–H groups in total. The van der Waals surface area contributed by atoms with Crippen molar-refractivity contribution in [3.63, 3.8) is 0 Å². The van der Waals surface area contributed by atoms with Gasteiger partial charge >= 0.3 is 0 Å². The Morgan fingerprint density at radius 3 is 3.10 bits per heavy atom. The molecule has 3 heterocycles. The largest absolute Gasteiger partial charge is 0.443 e. The van der Waals surface area contributed by atoms with Crippen molar-refractivity contribution in [3.05, 3.63) is 41.4 Å². The predicted octanol–water partition coefficient (Wildman–Crippen LogP) is 3.21. The highest BCUT2D eigenvalue weighted by Gasteiger charge is 2.09. The molecule has 0 saturated carbocycles. The van der Waals surface area contributed by atoms with Crippen molar-refractivity contribution in [2.75, 3.05) is 5.88 Å². The summed E-state index contributed by atoms with van der Waals surface area (Å²) in [6.07, 6.45) is 5.34. The van der Waals surface area contributed by atoms with Crippen molar-refractivity contribution >= 4 is 22.9 Å². The topological polar surface area (TPSA) is 56.7 Å². The fraction of sp³-hybridized carbons (Fsp3) is 0.308. The SMILES string of the molecule is ClCCCc1cn(Cc2coc(-c3cccs3)n2)nn1. The van der Waals surface area contributed by atoms with Gasteiger partial charge in [-0.2, -0.15) is 0 Å². The first-order valence-corrected chi connectivity index (χ1v) is 7.70. The molecule has 0 radical (unpaired) electrons. The Bertz CT molecular complexity index is 662. The second-order valence-electron chi connectivity index (χ2n) is 4.32. The third-order valence-electron chi connectivity index (χ3n) is 2.76. The van der Waals surface area contributed by atoms with Crippen molar-refractivity contribution in [1.82, 2.24) is 20.0 Å². The Labute approximate surface area is 125 Å². The molecule has 0 amide bonds. The third-order valence-corrected chi connectivity index (χ3v) is 3.89. The fourth-order valence-corrected chi connectivity index (χ4v) is 2.63. The van der Waals surface area contributed by atoms with Gasteiger partial charge < -0.3 is 4.42 Å². The number of hydrogen-bond donors (Lipinski definition) is 0. The zero-order chi connectivity index (χ0) is 13.8. The molecule has 0 aliphatic rings. The van der Waals surface area contributed by atoms with Crippen molar-refractivity contribution in [1.29, 1.82) is 0 Å². The number of nitrogens with zero attached hydrogens (tertiary/aromatic N) is 4. The summed E-state index contributed by atoms with van der Waals surface area (Å²) in [5, 5.41) is 10.2. The highest BCUT2D eigenvalue weighted by atomic mass is 35.5. The summed E-state index contributed by atoms with van der Waals surface area (Å²) in [5.41, 5.74) is 1.79. The summed E-state index contributed by atoms with van der Waals surface area (Å²) in [5.74, 6) is 1.29. The van der Waals surface area contributed by atoms with Crippen LogP contribution in [0.15, 0.2) is 34.4 Å². The van der Waals surface area contributed by atoms with Gasteiger partial charge in [0.15, 0.2) is 0 Å². The molecule has 3 aromatic rings. The summed E-state index contributed by atoms with van der Waals surface area (Å²) in [6, 6.07) is 3.96. The molecule has 0 aliphatic heterocycles. The van der Waals surface area contributed by atoms with E-state index in [-0.39, 0.29) is 0 Å². The standard InChI is InChI=1S/C13H13ClN4OS/c14-5-1-3-10-7-18(17-16-10)8-11-9-19-13(15-11)12-4-2-6-20-12/h2,4,6-7,9H,1,3,5,8H2. The smallest absolute Gasteiger partial charge is 0.236 e. The maximum absolute atomic E-state index is 5.66. The van der Waals surface area contributed by atoms with Gasteiger partial charge in [0, 0.05) is 12.1 Å². The van der Waals surface area contributed by atoms with Gasteiger partial charge in [0.25, 0.3) is 0 Å². The normalized spacial score (nSPS) is 11.1. The van der Waals surface area contributed by atoms with Crippen LogP contribution in [-0.4, -0.2) is 25.9 Å². The second-order valence-corrected chi connectivity index (χ2v) is 5.65. The molecule has 0 fully saturated rings. The predicted molar refractivity (Wildman–Crippen MR) is 78.0 cm³/mol. The monoisotopic (exact) mass is 308 g/mol. The third kappa shape index (κ3) is 3.08. The molecule has 0 aromatic carbocycles. The lowest BCUT2D eigenvalue weighted by Gasteiger charge is -1.94. The first-order chi connectivity index (χ1) is 9.85. The number of alkyl halides is 1. The number of hydrogen-bond acceptors (Lipinski definition) is 5. The first-order valence-electron chi connectivity index (χ1n) is 6.28. The molecule has 0 aliphatic carbocycles. The van der Waals surface area contributed by atoms with Gasteiger partial charge in [0.1, 0.15) is 12.0 Å². The van der Waals surface area contributed by atoms with Crippen LogP contribution < -0.4 is 0 Å². The fourth-order valence-electron chi connectivity index (χ4n) is 1.84. The Balaban J connectivity index is 1.67. The quantitative estimate of drug-likeness (QED) is 0.656. The van der Waals surface area contributed by atoms with Gasteiger partial charge in [-0.3, -0.25) is 0 Å². The minimum atomic E-state index is 0.558. The van der Waals surface area contributed by atoms with E-state index in [2.05, 4.69) is 15.3 Å². The Kier molecular flexibility index (Phi) is 4.13. The number of thiophene rings is 1. The molecule has 7 heteroatoms. The lowest BCUT2D eigenvalue weighted by molar-refractivity contribution is 0.569. The highest BCUT2D eigenvalue weighted by Crippen LogP contribution is 2.23. The molecule has 0 unspecified atom stereocenters. The van der Waals surface area contributed by atoms with Gasteiger partial charge in [0.2, 0.25) is 5.89 Å². The van der Waals surface area contributed by atoms with Crippen molar-refractivity contribution in [3.8, 4) is 10.8 Å². The minimum absolute atomic E-state index is 0.558. The summed E-state index contributed by atoms with van der Waals surface area (Å²) in [7, 11) is 0. The van der Waals surface area contributed by atoms with Crippen LogP contribution in [0.4, 0.5) is 0 Å². The van der Waals surface area contributed by atoms with E-state index in [1.807, 2.05) is 23.7 Å². The maximum atomic E-state index is 5.66. The van der Waals surface area contributed by atoms with Gasteiger partial charge in [-0.15, -0.1) is 28.0 Å². The van der Waals surface area contributed by atoms with Crippen molar-refractivity contribution in [2.24, 2.45) is 0 Å². The average molecular weight is 309 g/mol. The van der Waals surface area contributed by atoms with Crippen molar-refractivity contribution in [2.45, 2.75) is 19.4 Å². The van der Waals surface area contributed by atoms with E-state index in [4.69, 9.17) is 16.0 Å². The molecule has 0 saturated heterocycles. The van der Waals surface area contributed by atoms with Crippen LogP contribution in [0, 0.1) is 0 Å². The molecule has 5 nitrogen and oxygen atoms in total. The zero-order valence-electron chi connectivity index (χ0n) is 10.7. The minimum Gasteiger partial charge on any atom is -0.443 e. The van der Waals surface area contributed by atoms with E-state index < -0.39 is 0 Å². The maximum Gasteiger partial charge on any atom is 0.236 e. The molecule has 20 heavy (non-hydrogen) atoms. The summed E-state index contributed by atoms with van der Waals surface area (Å²) >= 11 is 7.27. The van der Waals surface area contributed by atoms with Gasteiger partial charge in [0.05, 0.1) is 17.1 Å². The first kappa shape index (κ1) is 13.3. The zero-order valence-corrected chi connectivity index (χ0v) is 12.3. The van der Waals surface area contributed by atoms with E-state index in [0.29, 0.717) is 18.3 Å². The van der Waals surface area contributed by atoms with E-state index >= 15 is 0 Å². The van der Waals surface area contributed by atoms with E-state index in [1.165, 1.54) is 0 Å². The van der Waals surface area contributed by atoms with Gasteiger partial charge in [-0.05, 0) is 24.3 Å². The van der Waals surface area contributed by atoms with E-state index in [1.54, 1.807) is 22.3 Å². The lowest BCUT2D eigenvalue weighted by Crippen LogP contribution is -2.00. The lowest BCUT2D eigenvalue weighted by atomic mass is 10.3. The number of aromatic nitrogens is 4. The number of oxazole rings is 1. The van der Waals surface area contributed by atoms with Crippen LogP contribution in [0.1, 0.15) is 17.8 Å². The Morgan fingerprint density at radius 1 is 1.35 bits per heavy atom. The average Bonchev–Trinajstić information content (AvgIpc) is 3.18.